The molecule has 0 aliphatic carbocycles. The summed E-state index contributed by atoms with van der Waals surface area (Å²) in [6.07, 6.45) is -7.16. The highest BCUT2D eigenvalue weighted by atomic mass is 32.2. The Morgan fingerprint density at radius 2 is 1.09 bits per heavy atom. The van der Waals surface area contributed by atoms with Crippen LogP contribution in [-0.2, 0) is 59.4 Å². The van der Waals surface area contributed by atoms with Gasteiger partial charge in [0.25, 0.3) is 10.1 Å². The van der Waals surface area contributed by atoms with E-state index in [0.717, 1.165) is 24.3 Å². The van der Waals surface area contributed by atoms with Gasteiger partial charge in [-0.1, -0.05) is 39.0 Å². The van der Waals surface area contributed by atoms with Gasteiger partial charge in [0.1, 0.15) is 29.2 Å². The van der Waals surface area contributed by atoms with E-state index in [1.807, 2.05) is 0 Å². The van der Waals surface area contributed by atoms with E-state index < -0.39 is 93.0 Å². The molecule has 264 valence electrons. The van der Waals surface area contributed by atoms with Crippen LogP contribution in [-0.4, -0.2) is 54.1 Å². The smallest absolute Gasteiger partial charge is 0.324 e. The first-order valence-corrected chi connectivity index (χ1v) is 20.7. The van der Waals surface area contributed by atoms with Crippen molar-refractivity contribution in [2.75, 3.05) is 25.0 Å². The standard InChI is InChI=1S/C15H22F3O5PS.C12H17F2O5PS/c1-5-12-8-7-9-13(15(16,17)18)14(12)25(20,21)22-10-24(19,6-2)23-11(3)4;1-4-20(15,19-9(2)3)8-18-21(16,17)12-10(13)6-5-7-11(12)14/h7-9,11H,5-6,10H2,1-4H3;5-7,9H,4,8H2,1-3H3. The molecule has 2 atom stereocenters. The predicted octanol–water partition coefficient (Wildman–Crippen LogP) is 8.00. The van der Waals surface area contributed by atoms with Crippen LogP contribution in [0.15, 0.2) is 46.2 Å². The van der Waals surface area contributed by atoms with Crippen LogP contribution in [0, 0.1) is 11.6 Å². The van der Waals surface area contributed by atoms with Crippen LogP contribution in [0.1, 0.15) is 59.6 Å². The fourth-order valence-electron chi connectivity index (χ4n) is 3.68. The fraction of sp³-hybridized carbons (Fsp3) is 0.556. The second kappa shape index (κ2) is 17.1. The molecule has 0 fully saturated rings. The summed E-state index contributed by atoms with van der Waals surface area (Å²) in [5, 5.41) is 0. The van der Waals surface area contributed by atoms with Crippen molar-refractivity contribution in [2.45, 2.75) is 83.1 Å². The first kappa shape index (κ1) is 42.3. The maximum absolute atomic E-state index is 13.5. The maximum atomic E-state index is 13.5. The van der Waals surface area contributed by atoms with Crippen molar-refractivity contribution in [3.63, 3.8) is 0 Å². The monoisotopic (exact) mass is 744 g/mol. The molecule has 0 radical (unpaired) electrons. The minimum Gasteiger partial charge on any atom is -0.324 e. The Morgan fingerprint density at radius 3 is 1.43 bits per heavy atom. The molecule has 0 spiro atoms. The zero-order valence-electron chi connectivity index (χ0n) is 26.3. The lowest BCUT2D eigenvalue weighted by molar-refractivity contribution is -0.140. The molecule has 0 aliphatic rings. The second-order valence-electron chi connectivity index (χ2n) is 10.2. The third-order valence-electron chi connectivity index (χ3n) is 5.78. The van der Waals surface area contributed by atoms with Crippen molar-refractivity contribution < 1.29 is 65.3 Å². The van der Waals surface area contributed by atoms with Crippen LogP contribution in [0.2, 0.25) is 0 Å². The van der Waals surface area contributed by atoms with Gasteiger partial charge in [0.2, 0.25) is 14.7 Å². The molecule has 0 saturated heterocycles. The minimum absolute atomic E-state index is 0.00223. The van der Waals surface area contributed by atoms with Crippen LogP contribution in [0.5, 0.6) is 0 Å². The second-order valence-corrected chi connectivity index (χ2v) is 18.7. The largest absolute Gasteiger partial charge is 0.417 e. The molecule has 0 aliphatic heterocycles. The van der Waals surface area contributed by atoms with Gasteiger partial charge in [0.05, 0.1) is 17.8 Å². The van der Waals surface area contributed by atoms with Crippen LogP contribution in [0.3, 0.4) is 0 Å². The first-order chi connectivity index (χ1) is 21.0. The fourth-order valence-corrected chi connectivity index (χ4v) is 10.2. The van der Waals surface area contributed by atoms with E-state index >= 15 is 0 Å². The van der Waals surface area contributed by atoms with Crippen LogP contribution >= 0.6 is 14.7 Å². The number of benzene rings is 2. The van der Waals surface area contributed by atoms with Gasteiger partial charge in [-0.05, 0) is 57.9 Å². The molecule has 2 rings (SSSR count). The lowest BCUT2D eigenvalue weighted by atomic mass is 10.1. The molecular weight excluding hydrogens is 705 g/mol. The highest BCUT2D eigenvalue weighted by Crippen LogP contribution is 2.49. The Hall–Kier alpha value is -1.71. The van der Waals surface area contributed by atoms with Crippen LogP contribution < -0.4 is 0 Å². The summed E-state index contributed by atoms with van der Waals surface area (Å²) in [6.45, 7) is 11.1. The average molecular weight is 745 g/mol. The number of hydrogen-bond donors (Lipinski definition) is 0. The van der Waals surface area contributed by atoms with Crippen LogP contribution in [0.4, 0.5) is 22.0 Å². The number of alkyl halides is 3. The summed E-state index contributed by atoms with van der Waals surface area (Å²) >= 11 is 0. The molecule has 2 aromatic rings. The van der Waals surface area contributed by atoms with Crippen molar-refractivity contribution in [3.8, 4) is 0 Å². The maximum Gasteiger partial charge on any atom is 0.417 e. The van der Waals surface area contributed by atoms with Crippen molar-refractivity contribution in [1.82, 2.24) is 0 Å². The molecular formula is C27H39F5O10P2S2. The molecule has 0 saturated carbocycles. The molecule has 0 N–H and O–H groups in total. The van der Waals surface area contributed by atoms with E-state index in [0.29, 0.717) is 6.07 Å². The van der Waals surface area contributed by atoms with Gasteiger partial charge in [-0.15, -0.1) is 0 Å². The van der Waals surface area contributed by atoms with Gasteiger partial charge < -0.3 is 9.05 Å². The molecule has 0 bridgehead atoms. The van der Waals surface area contributed by atoms with Gasteiger partial charge >= 0.3 is 16.3 Å². The summed E-state index contributed by atoms with van der Waals surface area (Å²) in [4.78, 5) is -2.13. The minimum atomic E-state index is -4.86. The SMILES string of the molecule is CCP(=O)(COS(=O)(=O)c1c(F)cccc1F)OC(C)C.CCc1cccc(C(F)(F)F)c1S(=O)(=O)OCP(=O)(CC)OC(C)C. The topological polar surface area (TPSA) is 139 Å². The number of aryl methyl sites for hydroxylation is 1. The Morgan fingerprint density at radius 1 is 0.696 bits per heavy atom. The summed E-state index contributed by atoms with van der Waals surface area (Å²) in [5.74, 6) is -2.54. The summed E-state index contributed by atoms with van der Waals surface area (Å²) in [6, 6.07) is 5.73. The van der Waals surface area contributed by atoms with E-state index in [1.54, 1.807) is 34.6 Å². The molecule has 0 amide bonds. The van der Waals surface area contributed by atoms with Gasteiger partial charge in [-0.25, -0.2) is 8.78 Å². The lowest BCUT2D eigenvalue weighted by Crippen LogP contribution is -2.18. The third kappa shape index (κ3) is 12.4. The van der Waals surface area contributed by atoms with Crippen molar-refractivity contribution in [2.24, 2.45) is 0 Å². The van der Waals surface area contributed by atoms with Gasteiger partial charge in [-0.2, -0.15) is 30.0 Å². The molecule has 2 unspecified atom stereocenters. The molecule has 19 heteroatoms. The molecule has 10 nitrogen and oxygen atoms in total. The van der Waals surface area contributed by atoms with E-state index in [9.17, 15) is 47.9 Å². The van der Waals surface area contributed by atoms with E-state index in [2.05, 4.69) is 4.18 Å². The number of hydrogen-bond acceptors (Lipinski definition) is 10. The third-order valence-corrected chi connectivity index (χ3v) is 13.4. The van der Waals surface area contributed by atoms with Crippen molar-refractivity contribution in [1.29, 1.82) is 0 Å². The normalized spacial score (nSPS) is 15.3. The summed E-state index contributed by atoms with van der Waals surface area (Å²) in [7, 11) is -16.3. The highest BCUT2D eigenvalue weighted by Gasteiger charge is 2.40. The van der Waals surface area contributed by atoms with E-state index in [4.69, 9.17) is 13.2 Å². The molecule has 0 aromatic heterocycles. The zero-order valence-corrected chi connectivity index (χ0v) is 29.8. The van der Waals surface area contributed by atoms with Crippen LogP contribution in [0.25, 0.3) is 0 Å². The average Bonchev–Trinajstić information content (AvgIpc) is 2.94. The Labute approximate surface area is 267 Å². The predicted molar refractivity (Wildman–Crippen MR) is 162 cm³/mol. The molecule has 0 heterocycles. The zero-order chi connectivity index (χ0) is 35.7. The van der Waals surface area contributed by atoms with Gasteiger partial charge in [0, 0.05) is 12.3 Å². The van der Waals surface area contributed by atoms with Gasteiger partial charge in [-0.3, -0.25) is 17.5 Å². The van der Waals surface area contributed by atoms with Crippen molar-refractivity contribution in [3.05, 3.63) is 59.2 Å². The summed E-state index contributed by atoms with van der Waals surface area (Å²) in [5.41, 5.74) is -1.33. The Balaban J connectivity index is 0.000000467. The first-order valence-electron chi connectivity index (χ1n) is 13.9. The molecule has 2 aromatic carbocycles. The Bertz CT molecular complexity index is 1610. The number of rotatable bonds is 15. The Kier molecular flexibility index (Phi) is 15.7. The van der Waals surface area contributed by atoms with Crippen molar-refractivity contribution >= 4 is 35.0 Å². The quantitative estimate of drug-likeness (QED) is 0.100. The van der Waals surface area contributed by atoms with E-state index in [1.165, 1.54) is 19.9 Å². The van der Waals surface area contributed by atoms with E-state index in [-0.39, 0.29) is 24.3 Å². The number of halogens is 5. The van der Waals surface area contributed by atoms with Gasteiger partial charge in [0.15, 0.2) is 4.90 Å². The summed E-state index contributed by atoms with van der Waals surface area (Å²) < 4.78 is 159. The molecule has 46 heavy (non-hydrogen) atoms. The lowest BCUT2D eigenvalue weighted by Gasteiger charge is -2.21. The highest BCUT2D eigenvalue weighted by molar-refractivity contribution is 7.87.